The van der Waals surface area contributed by atoms with Gasteiger partial charge in [-0.2, -0.15) is 5.10 Å². The van der Waals surface area contributed by atoms with Crippen LogP contribution in [-0.2, 0) is 11.8 Å². The van der Waals surface area contributed by atoms with E-state index in [0.29, 0.717) is 11.5 Å². The molecule has 0 aromatic carbocycles. The molecule has 0 amide bonds. The summed E-state index contributed by atoms with van der Waals surface area (Å²) in [6.07, 6.45) is 0. The van der Waals surface area contributed by atoms with Crippen molar-refractivity contribution in [1.82, 2.24) is 9.78 Å². The number of aryl methyl sites for hydroxylation is 1. The van der Waals surface area contributed by atoms with Crippen LogP contribution in [0.15, 0.2) is 0 Å². The zero-order chi connectivity index (χ0) is 10.9. The number of nitrogen functional groups attached to an aromatic ring is 1. The molecular formula is C9H15N3O2. The maximum Gasteiger partial charge on any atom is 0.358 e. The number of nitrogens with two attached hydrogens (primary N) is 1. The Balaban J connectivity index is 3.29. The van der Waals surface area contributed by atoms with Gasteiger partial charge in [-0.25, -0.2) is 4.79 Å². The topological polar surface area (TPSA) is 70.1 Å². The smallest absolute Gasteiger partial charge is 0.358 e. The van der Waals surface area contributed by atoms with E-state index in [-0.39, 0.29) is 5.92 Å². The number of esters is 1. The molecule has 0 radical (unpaired) electrons. The van der Waals surface area contributed by atoms with Gasteiger partial charge >= 0.3 is 5.97 Å². The molecule has 0 unspecified atom stereocenters. The maximum atomic E-state index is 11.4. The molecule has 14 heavy (non-hydrogen) atoms. The fraction of sp³-hybridized carbons (Fsp3) is 0.556. The van der Waals surface area contributed by atoms with Crippen LogP contribution < -0.4 is 5.73 Å². The van der Waals surface area contributed by atoms with Gasteiger partial charge in [0, 0.05) is 12.6 Å². The molecule has 1 aromatic heterocycles. The van der Waals surface area contributed by atoms with E-state index < -0.39 is 5.97 Å². The molecule has 0 aliphatic carbocycles. The second kappa shape index (κ2) is 3.69. The molecule has 0 saturated carbocycles. The minimum Gasteiger partial charge on any atom is -0.464 e. The summed E-state index contributed by atoms with van der Waals surface area (Å²) in [6.45, 7) is 3.92. The number of anilines is 1. The van der Waals surface area contributed by atoms with Crippen LogP contribution in [0.5, 0.6) is 0 Å². The highest BCUT2D eigenvalue weighted by atomic mass is 16.5. The Labute approximate surface area is 82.8 Å². The maximum absolute atomic E-state index is 11.4. The predicted molar refractivity (Wildman–Crippen MR) is 53.0 cm³/mol. The van der Waals surface area contributed by atoms with Crippen LogP contribution in [0.4, 0.5) is 5.82 Å². The highest BCUT2D eigenvalue weighted by molar-refractivity contribution is 5.90. The molecular weight excluding hydrogens is 182 g/mol. The normalized spacial score (nSPS) is 10.6. The lowest BCUT2D eigenvalue weighted by atomic mass is 10.0. The number of carbonyl (C=O) groups is 1. The third-order valence-corrected chi connectivity index (χ3v) is 2.09. The van der Waals surface area contributed by atoms with Crippen LogP contribution >= 0.6 is 0 Å². The Morgan fingerprint density at radius 2 is 2.14 bits per heavy atom. The predicted octanol–water partition coefficient (Wildman–Crippen LogP) is 0.912. The van der Waals surface area contributed by atoms with E-state index in [0.717, 1.165) is 5.56 Å². The molecule has 0 aliphatic heterocycles. The van der Waals surface area contributed by atoms with Crippen molar-refractivity contribution in [2.24, 2.45) is 7.05 Å². The first kappa shape index (κ1) is 10.6. The van der Waals surface area contributed by atoms with Crippen molar-refractivity contribution in [2.75, 3.05) is 12.8 Å². The standard InChI is InChI=1S/C9H15N3O2/c1-5(2)6-7(9(13)14-4)11-12(3)8(6)10/h5H,10H2,1-4H3. The number of carbonyl (C=O) groups excluding carboxylic acids is 1. The molecule has 1 heterocycles. The Kier molecular flexibility index (Phi) is 2.78. The molecule has 78 valence electrons. The van der Waals surface area contributed by atoms with Crippen molar-refractivity contribution in [3.8, 4) is 0 Å². The van der Waals surface area contributed by atoms with Gasteiger partial charge in [0.05, 0.1) is 7.11 Å². The summed E-state index contributed by atoms with van der Waals surface area (Å²) < 4.78 is 6.11. The van der Waals surface area contributed by atoms with E-state index in [1.165, 1.54) is 11.8 Å². The van der Waals surface area contributed by atoms with Gasteiger partial charge in [-0.15, -0.1) is 0 Å². The monoisotopic (exact) mass is 197 g/mol. The van der Waals surface area contributed by atoms with Gasteiger partial charge in [-0.1, -0.05) is 13.8 Å². The summed E-state index contributed by atoms with van der Waals surface area (Å²) in [6, 6.07) is 0. The summed E-state index contributed by atoms with van der Waals surface area (Å²) >= 11 is 0. The number of hydrogen-bond acceptors (Lipinski definition) is 4. The quantitative estimate of drug-likeness (QED) is 0.715. The second-order valence-electron chi connectivity index (χ2n) is 3.42. The molecule has 5 nitrogen and oxygen atoms in total. The van der Waals surface area contributed by atoms with E-state index >= 15 is 0 Å². The molecule has 0 bridgehead atoms. The van der Waals surface area contributed by atoms with Crippen molar-refractivity contribution in [3.63, 3.8) is 0 Å². The summed E-state index contributed by atoms with van der Waals surface area (Å²) in [7, 11) is 3.03. The summed E-state index contributed by atoms with van der Waals surface area (Å²) in [5, 5.41) is 4.02. The first-order chi connectivity index (χ1) is 6.49. The number of ether oxygens (including phenoxy) is 1. The van der Waals surface area contributed by atoms with E-state index in [1.54, 1.807) is 7.05 Å². The van der Waals surface area contributed by atoms with Crippen molar-refractivity contribution in [1.29, 1.82) is 0 Å². The summed E-state index contributed by atoms with van der Waals surface area (Å²) in [5.74, 6) is 0.221. The fourth-order valence-electron chi connectivity index (χ4n) is 1.37. The average molecular weight is 197 g/mol. The molecule has 5 heteroatoms. The van der Waals surface area contributed by atoms with Gasteiger partial charge in [-0.05, 0) is 5.92 Å². The van der Waals surface area contributed by atoms with Crippen LogP contribution in [0.25, 0.3) is 0 Å². The zero-order valence-electron chi connectivity index (χ0n) is 8.87. The van der Waals surface area contributed by atoms with Crippen LogP contribution in [0.1, 0.15) is 35.8 Å². The van der Waals surface area contributed by atoms with E-state index in [1.807, 2.05) is 13.8 Å². The van der Waals surface area contributed by atoms with Crippen LogP contribution in [0, 0.1) is 0 Å². The number of hydrogen-bond donors (Lipinski definition) is 1. The van der Waals surface area contributed by atoms with Crippen molar-refractivity contribution in [2.45, 2.75) is 19.8 Å². The van der Waals surface area contributed by atoms with Crippen molar-refractivity contribution in [3.05, 3.63) is 11.3 Å². The van der Waals surface area contributed by atoms with Gasteiger partial charge in [0.1, 0.15) is 5.82 Å². The average Bonchev–Trinajstić information content (AvgIpc) is 2.42. The minimum absolute atomic E-state index is 0.151. The lowest BCUT2D eigenvalue weighted by molar-refractivity contribution is 0.0591. The van der Waals surface area contributed by atoms with Crippen LogP contribution in [0.3, 0.4) is 0 Å². The highest BCUT2D eigenvalue weighted by Crippen LogP contribution is 2.25. The van der Waals surface area contributed by atoms with Gasteiger partial charge in [0.2, 0.25) is 0 Å². The summed E-state index contributed by atoms with van der Waals surface area (Å²) in [4.78, 5) is 11.4. The Hall–Kier alpha value is -1.52. The first-order valence-corrected chi connectivity index (χ1v) is 4.39. The molecule has 0 spiro atoms. The number of aromatic nitrogens is 2. The van der Waals surface area contributed by atoms with Gasteiger partial charge < -0.3 is 10.5 Å². The molecule has 0 saturated heterocycles. The van der Waals surface area contributed by atoms with E-state index in [4.69, 9.17) is 5.73 Å². The van der Waals surface area contributed by atoms with Crippen LogP contribution in [-0.4, -0.2) is 22.9 Å². The number of nitrogens with zero attached hydrogens (tertiary/aromatic N) is 2. The Morgan fingerprint density at radius 1 is 1.57 bits per heavy atom. The molecule has 1 aromatic rings. The van der Waals surface area contributed by atoms with Gasteiger partial charge in [0.15, 0.2) is 5.69 Å². The van der Waals surface area contributed by atoms with E-state index in [2.05, 4.69) is 9.84 Å². The third kappa shape index (κ3) is 1.57. The third-order valence-electron chi connectivity index (χ3n) is 2.09. The Bertz CT molecular complexity index is 355. The SMILES string of the molecule is COC(=O)c1nn(C)c(N)c1C(C)C. The second-order valence-corrected chi connectivity index (χ2v) is 3.42. The highest BCUT2D eigenvalue weighted by Gasteiger charge is 2.22. The van der Waals surface area contributed by atoms with Crippen molar-refractivity contribution < 1.29 is 9.53 Å². The van der Waals surface area contributed by atoms with Crippen LogP contribution in [0.2, 0.25) is 0 Å². The fourth-order valence-corrected chi connectivity index (χ4v) is 1.37. The van der Waals surface area contributed by atoms with Gasteiger partial charge in [-0.3, -0.25) is 4.68 Å². The molecule has 2 N–H and O–H groups in total. The van der Waals surface area contributed by atoms with E-state index in [9.17, 15) is 4.79 Å². The molecule has 0 aliphatic rings. The Morgan fingerprint density at radius 3 is 2.57 bits per heavy atom. The lowest BCUT2D eigenvalue weighted by Crippen LogP contribution is -2.06. The minimum atomic E-state index is -0.444. The summed E-state index contributed by atoms with van der Waals surface area (Å²) in [5.41, 5.74) is 6.85. The largest absolute Gasteiger partial charge is 0.464 e. The zero-order valence-corrected chi connectivity index (χ0v) is 8.87. The molecule has 1 rings (SSSR count). The van der Waals surface area contributed by atoms with Crippen molar-refractivity contribution >= 4 is 11.8 Å². The number of methoxy groups -OCH3 is 1. The number of rotatable bonds is 2. The lowest BCUT2D eigenvalue weighted by Gasteiger charge is -2.05. The molecule has 0 atom stereocenters. The van der Waals surface area contributed by atoms with Gasteiger partial charge in [0.25, 0.3) is 0 Å². The first-order valence-electron chi connectivity index (χ1n) is 4.39. The molecule has 0 fully saturated rings.